The van der Waals surface area contributed by atoms with Crippen molar-refractivity contribution in [3.05, 3.63) is 80.6 Å². The quantitative estimate of drug-likeness (QED) is 0.681. The molecule has 1 aliphatic rings. The lowest BCUT2D eigenvalue weighted by Gasteiger charge is -2.24. The molecule has 4 rings (SSSR count). The summed E-state index contributed by atoms with van der Waals surface area (Å²) >= 11 is 0. The minimum Gasteiger partial charge on any atom is -0.322 e. The van der Waals surface area contributed by atoms with E-state index in [-0.39, 0.29) is 13.0 Å². The fourth-order valence-electron chi connectivity index (χ4n) is 4.30. The van der Waals surface area contributed by atoms with Crippen molar-refractivity contribution >= 4 is 10.9 Å². The van der Waals surface area contributed by atoms with Gasteiger partial charge in [-0.3, -0.25) is 4.79 Å². The number of nitrogens with zero attached hydrogens (tertiary/aromatic N) is 1. The number of aromatic amines is 1. The first-order valence-electron chi connectivity index (χ1n) is 9.71. The summed E-state index contributed by atoms with van der Waals surface area (Å²) in [5, 5.41) is 11.0. The number of pyridine rings is 1. The first kappa shape index (κ1) is 19.9. The Kier molecular flexibility index (Phi) is 5.42. The van der Waals surface area contributed by atoms with Gasteiger partial charge in [0, 0.05) is 11.1 Å². The van der Waals surface area contributed by atoms with Gasteiger partial charge in [-0.25, -0.2) is 0 Å². The number of aryl methyl sites for hydroxylation is 2. The first-order chi connectivity index (χ1) is 13.0. The van der Waals surface area contributed by atoms with Crippen LogP contribution in [0.1, 0.15) is 55.5 Å². The van der Waals surface area contributed by atoms with Gasteiger partial charge in [0.1, 0.15) is 0 Å². The molecule has 0 spiro atoms. The van der Waals surface area contributed by atoms with Crippen LogP contribution >= 0.6 is 0 Å². The molecule has 1 aromatic heterocycles. The summed E-state index contributed by atoms with van der Waals surface area (Å²) in [4.78, 5) is 15.2. The molecule has 0 fully saturated rings. The zero-order valence-electron chi connectivity index (χ0n) is 15.9. The summed E-state index contributed by atoms with van der Waals surface area (Å²) in [6.45, 7) is 3.98. The molecule has 0 amide bonds. The molecule has 0 bridgehead atoms. The summed E-state index contributed by atoms with van der Waals surface area (Å²) in [5.41, 5.74) is 6.02. The van der Waals surface area contributed by atoms with Crippen LogP contribution in [0.3, 0.4) is 0 Å². The molecular weight excluding hydrogens is 344 g/mol. The average Bonchev–Trinajstić information content (AvgIpc) is 3.16. The summed E-state index contributed by atoms with van der Waals surface area (Å²) in [6, 6.07) is 17.0. The molecule has 1 heterocycles. The van der Waals surface area contributed by atoms with Crippen molar-refractivity contribution in [3.63, 3.8) is 0 Å². The van der Waals surface area contributed by atoms with Gasteiger partial charge in [0.2, 0.25) is 0 Å². The van der Waals surface area contributed by atoms with Crippen molar-refractivity contribution < 1.29 is 0 Å². The summed E-state index contributed by atoms with van der Waals surface area (Å²) in [5.74, 6) is 0. The number of hydrogen-bond acceptors (Lipinski definition) is 2. The molecule has 3 heteroatoms. The number of nitrogens with one attached hydrogen (secondary N) is 1. The third-order valence-corrected chi connectivity index (χ3v) is 5.97. The number of benzene rings is 2. The maximum Gasteiger partial charge on any atom is 0.251 e. The van der Waals surface area contributed by atoms with Gasteiger partial charge in [-0.1, -0.05) is 44.7 Å². The number of H-pyrrole nitrogens is 1. The highest BCUT2D eigenvalue weighted by Crippen LogP contribution is 2.33. The number of hydrogen-bond donors (Lipinski definition) is 1. The zero-order valence-corrected chi connectivity index (χ0v) is 15.9. The molecule has 3 nitrogen and oxygen atoms in total. The second kappa shape index (κ2) is 7.64. The van der Waals surface area contributed by atoms with Gasteiger partial charge in [0.15, 0.2) is 0 Å². The van der Waals surface area contributed by atoms with Gasteiger partial charge in [-0.15, -0.1) is 0 Å². The number of rotatable bonds is 4. The van der Waals surface area contributed by atoms with Crippen LogP contribution in [-0.4, -0.2) is 4.98 Å². The maximum absolute atomic E-state index is 12.2. The van der Waals surface area contributed by atoms with Gasteiger partial charge in [-0.05, 0) is 78.8 Å². The second-order valence-electron chi connectivity index (χ2n) is 7.81. The van der Waals surface area contributed by atoms with E-state index >= 15 is 0 Å². The lowest BCUT2D eigenvalue weighted by atomic mass is 9.77. The highest BCUT2D eigenvalue weighted by atomic mass is 16.1. The molecule has 3 aromatic rings. The van der Waals surface area contributed by atoms with Crippen LogP contribution in [-0.2, 0) is 31.1 Å². The Bertz CT molecular complexity index is 1120. The number of nitriles is 1. The number of aromatic nitrogens is 1. The Labute approximate surface area is 167 Å². The Morgan fingerprint density at radius 3 is 2.71 bits per heavy atom. The minimum absolute atomic E-state index is 0. The van der Waals surface area contributed by atoms with E-state index < -0.39 is 5.41 Å². The highest BCUT2D eigenvalue weighted by molar-refractivity contribution is 5.80. The van der Waals surface area contributed by atoms with E-state index in [1.807, 2.05) is 38.1 Å². The molecule has 0 saturated heterocycles. The Hall–Kier alpha value is -2.86. The van der Waals surface area contributed by atoms with Crippen molar-refractivity contribution in [2.24, 2.45) is 0 Å². The maximum atomic E-state index is 12.2. The van der Waals surface area contributed by atoms with Gasteiger partial charge in [-0.2, -0.15) is 5.26 Å². The van der Waals surface area contributed by atoms with Crippen molar-refractivity contribution in [2.45, 2.75) is 58.8 Å². The molecule has 1 aliphatic carbocycles. The largest absolute Gasteiger partial charge is 0.322 e. The molecule has 28 heavy (non-hydrogen) atoms. The molecule has 0 aliphatic heterocycles. The van der Waals surface area contributed by atoms with Crippen LogP contribution in [0, 0.1) is 11.3 Å². The SMILES string of the molecule is C.CCc1cc2ccc(C(C)(C#N)Cc3cccc4c3CCC4)cc2[nH]c1=O. The molecule has 144 valence electrons. The van der Waals surface area contributed by atoms with E-state index in [0.29, 0.717) is 12.8 Å². The van der Waals surface area contributed by atoms with Crippen LogP contribution < -0.4 is 5.56 Å². The fourth-order valence-corrected chi connectivity index (χ4v) is 4.30. The van der Waals surface area contributed by atoms with Gasteiger partial charge >= 0.3 is 0 Å². The molecule has 0 radical (unpaired) electrons. The normalized spacial score (nSPS) is 14.8. The van der Waals surface area contributed by atoms with E-state index in [0.717, 1.165) is 34.9 Å². The number of fused-ring (bicyclic) bond motifs is 2. The van der Waals surface area contributed by atoms with Crippen LogP contribution in [0.15, 0.2) is 47.3 Å². The monoisotopic (exact) mass is 372 g/mol. The lowest BCUT2D eigenvalue weighted by molar-refractivity contribution is 0.604. The minimum atomic E-state index is -0.633. The predicted molar refractivity (Wildman–Crippen MR) is 116 cm³/mol. The fraction of sp³-hybridized carbons (Fsp3) is 0.360. The smallest absolute Gasteiger partial charge is 0.251 e. The average molecular weight is 373 g/mol. The summed E-state index contributed by atoms with van der Waals surface area (Å²) in [6.07, 6.45) is 4.85. The van der Waals surface area contributed by atoms with Crippen LogP contribution in [0.5, 0.6) is 0 Å². The van der Waals surface area contributed by atoms with E-state index in [2.05, 4.69) is 29.3 Å². The molecule has 1 atom stereocenters. The predicted octanol–water partition coefficient (Wildman–Crippen LogP) is 5.24. The first-order valence-corrected chi connectivity index (χ1v) is 9.71. The van der Waals surface area contributed by atoms with Gasteiger partial charge < -0.3 is 4.98 Å². The van der Waals surface area contributed by atoms with Gasteiger partial charge in [0.25, 0.3) is 5.56 Å². The molecular formula is C25H28N2O. The topological polar surface area (TPSA) is 56.6 Å². The van der Waals surface area contributed by atoms with Gasteiger partial charge in [0.05, 0.1) is 11.5 Å². The lowest BCUT2D eigenvalue weighted by Crippen LogP contribution is -2.24. The third-order valence-electron chi connectivity index (χ3n) is 5.97. The van der Waals surface area contributed by atoms with Crippen LogP contribution in [0.4, 0.5) is 0 Å². The van der Waals surface area contributed by atoms with Crippen molar-refractivity contribution in [3.8, 4) is 6.07 Å². The molecule has 1 N–H and O–H groups in total. The van der Waals surface area contributed by atoms with Crippen LogP contribution in [0.25, 0.3) is 10.9 Å². The Balaban J connectivity index is 0.00000225. The van der Waals surface area contributed by atoms with E-state index in [4.69, 9.17) is 0 Å². The highest BCUT2D eigenvalue weighted by Gasteiger charge is 2.29. The summed E-state index contributed by atoms with van der Waals surface area (Å²) in [7, 11) is 0. The van der Waals surface area contributed by atoms with E-state index in [1.54, 1.807) is 0 Å². The third kappa shape index (κ3) is 3.36. The van der Waals surface area contributed by atoms with E-state index in [9.17, 15) is 10.1 Å². The second-order valence-corrected chi connectivity index (χ2v) is 7.81. The molecule has 1 unspecified atom stereocenters. The zero-order chi connectivity index (χ0) is 19.0. The van der Waals surface area contributed by atoms with Crippen molar-refractivity contribution in [1.29, 1.82) is 5.26 Å². The summed E-state index contributed by atoms with van der Waals surface area (Å²) < 4.78 is 0. The Morgan fingerprint density at radius 1 is 1.14 bits per heavy atom. The standard InChI is InChI=1S/C24H24N2O.CH4/c1-3-16-12-18-10-11-20(13-22(18)26-23(16)27)24(2,15-25)14-19-8-4-6-17-7-5-9-21(17)19;/h4,6,8,10-13H,3,5,7,9,14H2,1-2H3,(H,26,27);1H4. The Morgan fingerprint density at radius 2 is 1.96 bits per heavy atom. The van der Waals surface area contributed by atoms with Crippen molar-refractivity contribution in [2.75, 3.05) is 0 Å². The van der Waals surface area contributed by atoms with E-state index in [1.165, 1.54) is 23.1 Å². The van der Waals surface area contributed by atoms with Crippen molar-refractivity contribution in [1.82, 2.24) is 4.98 Å². The molecule has 2 aromatic carbocycles. The van der Waals surface area contributed by atoms with Crippen LogP contribution in [0.2, 0.25) is 0 Å². The molecule has 0 saturated carbocycles.